The summed E-state index contributed by atoms with van der Waals surface area (Å²) in [5.74, 6) is -0.425. The number of phenolic OH excluding ortho intramolecular Hbond substituents is 1. The topological polar surface area (TPSA) is 106 Å². The van der Waals surface area contributed by atoms with E-state index in [2.05, 4.69) is 42.1 Å². The molecule has 1 N–H and O–H groups in total. The first-order valence-corrected chi connectivity index (χ1v) is 12.2. The Balaban J connectivity index is 1.83. The molecule has 33 heavy (non-hydrogen) atoms. The molecule has 1 aliphatic heterocycles. The molecule has 1 aliphatic rings. The maximum atomic E-state index is 13.7. The van der Waals surface area contributed by atoms with E-state index in [4.69, 9.17) is 9.15 Å². The standard InChI is InChI=1S/C22H15Br2N3O5S/c1-3-15-25-26-22(33-15)27-17(9-6-12(24)19(29)14(7-9)31-2)16-18(28)11-8-10(23)4-5-13(11)32-20(16)21(27)30/h4-8,17,29H,3H2,1-2H3. The number of fused-ring (bicyclic) bond motifs is 2. The van der Waals surface area contributed by atoms with E-state index in [1.807, 2.05) is 6.92 Å². The Kier molecular flexibility index (Phi) is 5.50. The molecule has 1 unspecified atom stereocenters. The summed E-state index contributed by atoms with van der Waals surface area (Å²) in [6.45, 7) is 1.94. The van der Waals surface area contributed by atoms with Crippen LogP contribution in [0.4, 0.5) is 5.13 Å². The maximum Gasteiger partial charge on any atom is 0.297 e. The van der Waals surface area contributed by atoms with E-state index in [9.17, 15) is 14.7 Å². The molecule has 0 spiro atoms. The molecule has 4 aromatic rings. The van der Waals surface area contributed by atoms with Crippen molar-refractivity contribution in [3.05, 3.63) is 71.4 Å². The SMILES string of the molecule is CCc1nnc(N2C(=O)c3oc4ccc(Br)cc4c(=O)c3C2c2cc(Br)c(O)c(OC)c2)s1. The minimum absolute atomic E-state index is 0.0452. The van der Waals surface area contributed by atoms with Gasteiger partial charge in [0.25, 0.3) is 5.91 Å². The number of methoxy groups -OCH3 is 1. The Morgan fingerprint density at radius 2 is 2.00 bits per heavy atom. The Labute approximate surface area is 208 Å². The number of aromatic hydroxyl groups is 1. The fraction of sp³-hybridized carbons (Fsp3) is 0.182. The van der Waals surface area contributed by atoms with Gasteiger partial charge in [-0.2, -0.15) is 0 Å². The number of rotatable bonds is 4. The van der Waals surface area contributed by atoms with E-state index >= 15 is 0 Å². The second-order valence-electron chi connectivity index (χ2n) is 7.28. The van der Waals surface area contributed by atoms with Gasteiger partial charge in [-0.1, -0.05) is 34.2 Å². The molecule has 0 aliphatic carbocycles. The van der Waals surface area contributed by atoms with Crippen molar-refractivity contribution >= 4 is 65.2 Å². The molecular weight excluding hydrogens is 578 g/mol. The molecule has 168 valence electrons. The number of anilines is 1. The number of nitrogens with zero attached hydrogens (tertiary/aromatic N) is 3. The third kappa shape index (κ3) is 3.46. The second kappa shape index (κ2) is 8.23. The van der Waals surface area contributed by atoms with Crippen molar-refractivity contribution < 1.29 is 19.1 Å². The van der Waals surface area contributed by atoms with Gasteiger partial charge in [0.2, 0.25) is 10.9 Å². The van der Waals surface area contributed by atoms with E-state index in [1.165, 1.54) is 23.3 Å². The first-order chi connectivity index (χ1) is 15.8. The van der Waals surface area contributed by atoms with Crippen LogP contribution < -0.4 is 15.1 Å². The molecule has 1 amide bonds. The summed E-state index contributed by atoms with van der Waals surface area (Å²) in [5.41, 5.74) is 0.723. The van der Waals surface area contributed by atoms with Crippen LogP contribution >= 0.6 is 43.2 Å². The lowest BCUT2D eigenvalue weighted by Gasteiger charge is -2.23. The van der Waals surface area contributed by atoms with Gasteiger partial charge >= 0.3 is 0 Å². The molecule has 0 radical (unpaired) electrons. The summed E-state index contributed by atoms with van der Waals surface area (Å²) in [5, 5.41) is 20.1. The lowest BCUT2D eigenvalue weighted by atomic mass is 9.98. The highest BCUT2D eigenvalue weighted by atomic mass is 79.9. The van der Waals surface area contributed by atoms with Crippen LogP contribution in [0.5, 0.6) is 11.5 Å². The van der Waals surface area contributed by atoms with Crippen molar-refractivity contribution in [2.24, 2.45) is 0 Å². The Bertz CT molecular complexity index is 1500. The Morgan fingerprint density at radius 1 is 1.21 bits per heavy atom. The lowest BCUT2D eigenvalue weighted by molar-refractivity contribution is 0.0970. The quantitative estimate of drug-likeness (QED) is 0.347. The number of amides is 1. The highest BCUT2D eigenvalue weighted by Gasteiger charge is 2.45. The molecule has 0 saturated heterocycles. The number of aromatic nitrogens is 2. The second-order valence-corrected chi connectivity index (χ2v) is 10.1. The smallest absolute Gasteiger partial charge is 0.297 e. The van der Waals surface area contributed by atoms with Crippen LogP contribution in [0.2, 0.25) is 0 Å². The third-order valence-corrected chi connectivity index (χ3v) is 7.55. The zero-order valence-corrected chi connectivity index (χ0v) is 21.2. The first-order valence-electron chi connectivity index (χ1n) is 9.82. The number of hydrogen-bond donors (Lipinski definition) is 1. The summed E-state index contributed by atoms with van der Waals surface area (Å²) in [6, 6.07) is 7.44. The number of carbonyl (C=O) groups is 1. The number of hydrogen-bond acceptors (Lipinski definition) is 8. The average molecular weight is 593 g/mol. The Morgan fingerprint density at radius 3 is 2.70 bits per heavy atom. The molecule has 0 bridgehead atoms. The average Bonchev–Trinajstić information content (AvgIpc) is 3.39. The van der Waals surface area contributed by atoms with Crippen LogP contribution in [0.15, 0.2) is 48.5 Å². The van der Waals surface area contributed by atoms with Crippen molar-refractivity contribution in [1.29, 1.82) is 0 Å². The van der Waals surface area contributed by atoms with Gasteiger partial charge in [-0.3, -0.25) is 14.5 Å². The van der Waals surface area contributed by atoms with Gasteiger partial charge in [0, 0.05) is 4.47 Å². The summed E-state index contributed by atoms with van der Waals surface area (Å²) < 4.78 is 12.3. The molecule has 1 atom stereocenters. The summed E-state index contributed by atoms with van der Waals surface area (Å²) in [6.07, 6.45) is 0.658. The van der Waals surface area contributed by atoms with Crippen molar-refractivity contribution in [3.63, 3.8) is 0 Å². The van der Waals surface area contributed by atoms with Crippen LogP contribution in [-0.2, 0) is 6.42 Å². The van der Waals surface area contributed by atoms with Gasteiger partial charge in [-0.25, -0.2) is 0 Å². The minimum Gasteiger partial charge on any atom is -0.503 e. The van der Waals surface area contributed by atoms with E-state index in [0.717, 1.165) is 5.01 Å². The fourth-order valence-corrected chi connectivity index (χ4v) is 5.48. The van der Waals surface area contributed by atoms with Gasteiger partial charge in [-0.15, -0.1) is 10.2 Å². The van der Waals surface area contributed by atoms with Crippen molar-refractivity contribution in [2.45, 2.75) is 19.4 Å². The van der Waals surface area contributed by atoms with Crippen LogP contribution in [0, 0.1) is 0 Å². The van der Waals surface area contributed by atoms with Gasteiger partial charge in [0.05, 0.1) is 28.6 Å². The van der Waals surface area contributed by atoms with E-state index in [-0.39, 0.29) is 28.3 Å². The maximum absolute atomic E-state index is 13.7. The number of aryl methyl sites for hydroxylation is 1. The van der Waals surface area contributed by atoms with Crippen molar-refractivity contribution in [1.82, 2.24) is 10.2 Å². The van der Waals surface area contributed by atoms with Gasteiger partial charge < -0.3 is 14.3 Å². The van der Waals surface area contributed by atoms with Crippen molar-refractivity contribution in [2.75, 3.05) is 12.0 Å². The van der Waals surface area contributed by atoms with Crippen molar-refractivity contribution in [3.8, 4) is 11.5 Å². The van der Waals surface area contributed by atoms with E-state index in [0.29, 0.717) is 37.0 Å². The number of halogens is 2. The predicted molar refractivity (Wildman–Crippen MR) is 130 cm³/mol. The highest BCUT2D eigenvalue weighted by molar-refractivity contribution is 9.10. The van der Waals surface area contributed by atoms with E-state index in [1.54, 1.807) is 30.3 Å². The predicted octanol–water partition coefficient (Wildman–Crippen LogP) is 5.20. The zero-order chi connectivity index (χ0) is 23.4. The largest absolute Gasteiger partial charge is 0.503 e. The molecule has 2 aromatic carbocycles. The van der Waals surface area contributed by atoms with Crippen LogP contribution in [0.1, 0.15) is 39.7 Å². The van der Waals surface area contributed by atoms with Gasteiger partial charge in [0.1, 0.15) is 10.6 Å². The number of phenols is 1. The summed E-state index contributed by atoms with van der Waals surface area (Å²) >= 11 is 7.99. The monoisotopic (exact) mass is 591 g/mol. The highest BCUT2D eigenvalue weighted by Crippen LogP contribution is 2.45. The Hall–Kier alpha value is -2.76. The van der Waals surface area contributed by atoms with Crippen LogP contribution in [0.3, 0.4) is 0 Å². The molecule has 11 heteroatoms. The molecular formula is C22H15Br2N3O5S. The third-order valence-electron chi connectivity index (χ3n) is 5.38. The fourth-order valence-electron chi connectivity index (χ4n) is 3.85. The summed E-state index contributed by atoms with van der Waals surface area (Å²) in [7, 11) is 1.43. The molecule has 0 saturated carbocycles. The van der Waals surface area contributed by atoms with E-state index < -0.39 is 11.9 Å². The number of ether oxygens (including phenoxy) is 1. The summed E-state index contributed by atoms with van der Waals surface area (Å²) in [4.78, 5) is 28.7. The van der Waals surface area contributed by atoms with Gasteiger partial charge in [-0.05, 0) is 58.2 Å². The molecule has 5 rings (SSSR count). The first kappa shape index (κ1) is 22.1. The minimum atomic E-state index is -0.851. The zero-order valence-electron chi connectivity index (χ0n) is 17.3. The molecule has 2 aromatic heterocycles. The number of benzene rings is 2. The molecule has 8 nitrogen and oxygen atoms in total. The normalized spacial score (nSPS) is 15.3. The van der Waals surface area contributed by atoms with Crippen LogP contribution in [0.25, 0.3) is 11.0 Å². The van der Waals surface area contributed by atoms with Gasteiger partial charge in [0.15, 0.2) is 16.9 Å². The van der Waals surface area contributed by atoms with Crippen LogP contribution in [-0.4, -0.2) is 28.3 Å². The molecule has 3 heterocycles. The number of carbonyl (C=O) groups excluding carboxylic acids is 1. The lowest BCUT2D eigenvalue weighted by Crippen LogP contribution is -2.29. The molecule has 0 fully saturated rings.